The Balaban J connectivity index is 1.57. The fourth-order valence-corrected chi connectivity index (χ4v) is 5.00. The van der Waals surface area contributed by atoms with Crippen LogP contribution in [0.25, 0.3) is 11.3 Å². The van der Waals surface area contributed by atoms with E-state index in [0.717, 1.165) is 18.7 Å². The second kappa shape index (κ2) is 5.43. The van der Waals surface area contributed by atoms with Crippen LogP contribution >= 0.6 is 0 Å². The number of sulfonamides is 1. The molecule has 3 heterocycles. The maximum absolute atomic E-state index is 12.8. The highest BCUT2D eigenvalue weighted by Gasteiger charge is 2.41. The first-order chi connectivity index (χ1) is 11.0. The quantitative estimate of drug-likeness (QED) is 0.921. The minimum atomic E-state index is -3.41. The van der Waals surface area contributed by atoms with E-state index in [1.165, 1.54) is 0 Å². The molecule has 0 amide bonds. The molecule has 4 rings (SSSR count). The summed E-state index contributed by atoms with van der Waals surface area (Å²) in [6, 6.07) is 6.87. The highest BCUT2D eigenvalue weighted by Crippen LogP contribution is 2.31. The average Bonchev–Trinajstić information content (AvgIpc) is 3.22. The molecule has 1 aromatic carbocycles. The van der Waals surface area contributed by atoms with Gasteiger partial charge in [-0.1, -0.05) is 12.1 Å². The summed E-state index contributed by atoms with van der Waals surface area (Å²) in [6.45, 7) is 4.85. The number of oxazole rings is 1. The average molecular weight is 333 g/mol. The van der Waals surface area contributed by atoms with Crippen molar-refractivity contribution in [1.82, 2.24) is 14.6 Å². The molecule has 2 aromatic rings. The lowest BCUT2D eigenvalue weighted by atomic mass is 10.0. The van der Waals surface area contributed by atoms with E-state index in [2.05, 4.69) is 10.3 Å². The van der Waals surface area contributed by atoms with Crippen LogP contribution in [0.5, 0.6) is 0 Å². The Kier molecular flexibility index (Phi) is 3.51. The van der Waals surface area contributed by atoms with Gasteiger partial charge in [0.15, 0.2) is 5.89 Å². The Labute approximate surface area is 135 Å². The predicted molar refractivity (Wildman–Crippen MR) is 85.3 cm³/mol. The van der Waals surface area contributed by atoms with Crippen LogP contribution in [-0.4, -0.2) is 43.9 Å². The monoisotopic (exact) mass is 333 g/mol. The zero-order valence-electron chi connectivity index (χ0n) is 12.9. The van der Waals surface area contributed by atoms with Crippen molar-refractivity contribution in [3.8, 4) is 11.3 Å². The molecule has 2 aliphatic rings. The molecule has 1 aromatic heterocycles. The highest BCUT2D eigenvalue weighted by molar-refractivity contribution is 7.89. The molecule has 0 spiro atoms. The summed E-state index contributed by atoms with van der Waals surface area (Å²) in [4.78, 5) is 4.60. The normalized spacial score (nSPS) is 24.9. The number of benzene rings is 1. The summed E-state index contributed by atoms with van der Waals surface area (Å²) in [5.74, 6) is 1.48. The van der Waals surface area contributed by atoms with Crippen molar-refractivity contribution < 1.29 is 12.8 Å². The molecule has 7 heteroatoms. The standard InChI is InChI=1S/C16H19N3O3S/c1-11-18-16(10-22-11)12-2-4-15(5-3-12)23(20,21)19-8-13-6-17-7-14(13)9-19/h2-5,10,13-14,17H,6-9H2,1H3/t13-,14+. The molecule has 0 unspecified atom stereocenters. The minimum Gasteiger partial charge on any atom is -0.449 e. The lowest BCUT2D eigenvalue weighted by molar-refractivity contribution is 0.448. The van der Waals surface area contributed by atoms with Crippen molar-refractivity contribution in [2.24, 2.45) is 11.8 Å². The van der Waals surface area contributed by atoms with Crippen molar-refractivity contribution in [1.29, 1.82) is 0 Å². The van der Waals surface area contributed by atoms with E-state index in [-0.39, 0.29) is 0 Å². The van der Waals surface area contributed by atoms with E-state index in [1.807, 2.05) is 0 Å². The van der Waals surface area contributed by atoms with Gasteiger partial charge in [-0.25, -0.2) is 13.4 Å². The van der Waals surface area contributed by atoms with Crippen LogP contribution < -0.4 is 5.32 Å². The number of hydrogen-bond donors (Lipinski definition) is 1. The van der Waals surface area contributed by atoms with Crippen molar-refractivity contribution in [2.45, 2.75) is 11.8 Å². The number of hydrogen-bond acceptors (Lipinski definition) is 5. The van der Waals surface area contributed by atoms with Crippen molar-refractivity contribution in [3.63, 3.8) is 0 Å². The summed E-state index contributed by atoms with van der Waals surface area (Å²) in [5.41, 5.74) is 1.57. The summed E-state index contributed by atoms with van der Waals surface area (Å²) in [7, 11) is -3.41. The Bertz CT molecular complexity index is 801. The fraction of sp³-hybridized carbons (Fsp3) is 0.438. The first-order valence-electron chi connectivity index (χ1n) is 7.77. The Morgan fingerprint density at radius 3 is 2.39 bits per heavy atom. The number of fused-ring (bicyclic) bond motifs is 1. The molecule has 0 radical (unpaired) electrons. The molecular weight excluding hydrogens is 314 g/mol. The van der Waals surface area contributed by atoms with Gasteiger partial charge in [-0.2, -0.15) is 4.31 Å². The fourth-order valence-electron chi connectivity index (χ4n) is 3.45. The molecule has 2 aliphatic heterocycles. The van der Waals surface area contributed by atoms with E-state index in [1.54, 1.807) is 41.8 Å². The molecular formula is C16H19N3O3S. The maximum Gasteiger partial charge on any atom is 0.243 e. The van der Waals surface area contributed by atoms with Gasteiger partial charge in [0.1, 0.15) is 12.0 Å². The van der Waals surface area contributed by atoms with E-state index < -0.39 is 10.0 Å². The van der Waals surface area contributed by atoms with Crippen LogP contribution in [0.3, 0.4) is 0 Å². The van der Waals surface area contributed by atoms with Gasteiger partial charge in [-0.05, 0) is 37.1 Å². The summed E-state index contributed by atoms with van der Waals surface area (Å²) >= 11 is 0. The van der Waals surface area contributed by atoms with Crippen molar-refractivity contribution in [3.05, 3.63) is 36.4 Å². The van der Waals surface area contributed by atoms with E-state index >= 15 is 0 Å². The Hall–Kier alpha value is -1.70. The summed E-state index contributed by atoms with van der Waals surface area (Å²) < 4.78 is 32.4. The van der Waals surface area contributed by atoms with Crippen molar-refractivity contribution >= 4 is 10.0 Å². The van der Waals surface area contributed by atoms with Crippen LogP contribution in [0.4, 0.5) is 0 Å². The van der Waals surface area contributed by atoms with Crippen LogP contribution in [0.2, 0.25) is 0 Å². The zero-order valence-corrected chi connectivity index (χ0v) is 13.7. The molecule has 6 nitrogen and oxygen atoms in total. The number of aromatic nitrogens is 1. The Morgan fingerprint density at radius 1 is 1.17 bits per heavy atom. The zero-order chi connectivity index (χ0) is 16.0. The lowest BCUT2D eigenvalue weighted by Gasteiger charge is -2.17. The van der Waals surface area contributed by atoms with E-state index in [9.17, 15) is 8.42 Å². The smallest absolute Gasteiger partial charge is 0.243 e. The van der Waals surface area contributed by atoms with Gasteiger partial charge >= 0.3 is 0 Å². The summed E-state index contributed by atoms with van der Waals surface area (Å²) in [5, 5.41) is 3.33. The van der Waals surface area contributed by atoms with Gasteiger partial charge in [-0.15, -0.1) is 0 Å². The molecule has 0 bridgehead atoms. The third-order valence-electron chi connectivity index (χ3n) is 4.76. The Morgan fingerprint density at radius 2 is 1.83 bits per heavy atom. The molecule has 0 aliphatic carbocycles. The second-order valence-electron chi connectivity index (χ2n) is 6.28. The highest BCUT2D eigenvalue weighted by atomic mass is 32.2. The number of nitrogens with one attached hydrogen (secondary N) is 1. The topological polar surface area (TPSA) is 75.4 Å². The van der Waals surface area contributed by atoms with Gasteiger partial charge in [0.2, 0.25) is 10.0 Å². The molecule has 2 fully saturated rings. The van der Waals surface area contributed by atoms with Gasteiger partial charge < -0.3 is 9.73 Å². The predicted octanol–water partition coefficient (Wildman–Crippen LogP) is 1.49. The van der Waals surface area contributed by atoms with E-state index in [4.69, 9.17) is 4.42 Å². The molecule has 2 saturated heterocycles. The molecule has 122 valence electrons. The van der Waals surface area contributed by atoms with Crippen molar-refractivity contribution in [2.75, 3.05) is 26.2 Å². The SMILES string of the molecule is Cc1nc(-c2ccc(S(=O)(=O)N3C[C@H]4CNC[C@H]4C3)cc2)co1. The lowest BCUT2D eigenvalue weighted by Crippen LogP contribution is -2.31. The number of aryl methyl sites for hydroxylation is 1. The minimum absolute atomic E-state index is 0.342. The number of nitrogens with zero attached hydrogens (tertiary/aromatic N) is 2. The summed E-state index contributed by atoms with van der Waals surface area (Å²) in [6.07, 6.45) is 1.58. The molecule has 0 saturated carbocycles. The van der Waals surface area contributed by atoms with Gasteiger partial charge in [0.05, 0.1) is 4.90 Å². The second-order valence-corrected chi connectivity index (χ2v) is 8.21. The van der Waals surface area contributed by atoms with E-state index in [0.29, 0.717) is 41.4 Å². The van der Waals surface area contributed by atoms with Crippen LogP contribution in [0.15, 0.2) is 39.8 Å². The third kappa shape index (κ3) is 2.58. The third-order valence-corrected chi connectivity index (χ3v) is 6.61. The van der Waals surface area contributed by atoms with Gasteiger partial charge in [0, 0.05) is 25.6 Å². The van der Waals surface area contributed by atoms with Crippen LogP contribution in [-0.2, 0) is 10.0 Å². The number of rotatable bonds is 3. The van der Waals surface area contributed by atoms with Crippen LogP contribution in [0.1, 0.15) is 5.89 Å². The molecule has 23 heavy (non-hydrogen) atoms. The maximum atomic E-state index is 12.8. The molecule has 1 N–H and O–H groups in total. The first-order valence-corrected chi connectivity index (χ1v) is 9.21. The first kappa shape index (κ1) is 14.9. The molecule has 2 atom stereocenters. The largest absolute Gasteiger partial charge is 0.449 e. The van der Waals surface area contributed by atoms with Gasteiger partial charge in [0.25, 0.3) is 0 Å². The van der Waals surface area contributed by atoms with Crippen LogP contribution in [0, 0.1) is 18.8 Å². The van der Waals surface area contributed by atoms with Gasteiger partial charge in [-0.3, -0.25) is 0 Å².